The van der Waals surface area contributed by atoms with E-state index in [2.05, 4.69) is 5.32 Å². The Kier molecular flexibility index (Phi) is 4.55. The molecule has 118 valence electrons. The molecule has 3 aromatic rings. The van der Waals surface area contributed by atoms with Crippen LogP contribution in [-0.2, 0) is 0 Å². The molecule has 5 heteroatoms. The molecule has 1 aromatic heterocycles. The van der Waals surface area contributed by atoms with Gasteiger partial charge in [0.05, 0.1) is 18.2 Å². The molecule has 3 rings (SSSR count). The van der Waals surface area contributed by atoms with Gasteiger partial charge in [0.1, 0.15) is 10.6 Å². The molecule has 0 fully saturated rings. The Balaban J connectivity index is 1.88. The summed E-state index contributed by atoms with van der Waals surface area (Å²) in [7, 11) is 1.61. The van der Waals surface area contributed by atoms with Gasteiger partial charge in [0.2, 0.25) is 0 Å². The number of methoxy groups -OCH3 is 1. The molecule has 1 atom stereocenters. The number of amides is 1. The van der Waals surface area contributed by atoms with Crippen LogP contribution in [0.1, 0.15) is 28.2 Å². The third-order valence-electron chi connectivity index (χ3n) is 3.69. The first-order valence-electron chi connectivity index (χ1n) is 7.22. The van der Waals surface area contributed by atoms with Gasteiger partial charge >= 0.3 is 0 Å². The highest BCUT2D eigenvalue weighted by Crippen LogP contribution is 2.37. The van der Waals surface area contributed by atoms with Gasteiger partial charge in [-0.2, -0.15) is 0 Å². The van der Waals surface area contributed by atoms with Crippen LogP contribution in [0, 0.1) is 0 Å². The Morgan fingerprint density at radius 3 is 2.65 bits per heavy atom. The Morgan fingerprint density at radius 2 is 1.96 bits per heavy atom. The van der Waals surface area contributed by atoms with Crippen LogP contribution < -0.4 is 10.1 Å². The van der Waals surface area contributed by atoms with E-state index in [-0.39, 0.29) is 11.9 Å². The van der Waals surface area contributed by atoms with E-state index in [0.717, 1.165) is 21.4 Å². The zero-order valence-electron chi connectivity index (χ0n) is 12.8. The Bertz CT molecular complexity index is 845. The number of hydrogen-bond donors (Lipinski definition) is 1. The van der Waals surface area contributed by atoms with Gasteiger partial charge in [0.25, 0.3) is 5.91 Å². The first-order valence-corrected chi connectivity index (χ1v) is 8.41. The van der Waals surface area contributed by atoms with E-state index in [0.29, 0.717) is 9.90 Å². The number of nitrogens with one attached hydrogen (secondary N) is 1. The second kappa shape index (κ2) is 6.60. The standard InChI is InChI=1S/C18H16ClNO2S/c1-11(12-6-4-3-5-7-12)20-18(21)17-16(19)14-10-13(22-2)8-9-15(14)23-17/h3-11H,1-2H3,(H,20,21)/t11-/m0/s1. The van der Waals surface area contributed by atoms with Crippen LogP contribution >= 0.6 is 22.9 Å². The second-order valence-electron chi connectivity index (χ2n) is 5.21. The van der Waals surface area contributed by atoms with Crippen molar-refractivity contribution in [3.8, 4) is 5.75 Å². The van der Waals surface area contributed by atoms with Gasteiger partial charge < -0.3 is 10.1 Å². The van der Waals surface area contributed by atoms with Crippen LogP contribution in [0.25, 0.3) is 10.1 Å². The van der Waals surface area contributed by atoms with Crippen LogP contribution in [0.3, 0.4) is 0 Å². The lowest BCUT2D eigenvalue weighted by Crippen LogP contribution is -2.26. The predicted octanol–water partition coefficient (Wildman–Crippen LogP) is 5.05. The van der Waals surface area contributed by atoms with E-state index in [4.69, 9.17) is 16.3 Å². The fourth-order valence-electron chi connectivity index (χ4n) is 2.41. The SMILES string of the molecule is COc1ccc2sc(C(=O)N[C@@H](C)c3ccccc3)c(Cl)c2c1. The van der Waals surface area contributed by atoms with Crippen LogP contribution in [0.15, 0.2) is 48.5 Å². The summed E-state index contributed by atoms with van der Waals surface area (Å²) in [5, 5.41) is 4.31. The smallest absolute Gasteiger partial charge is 0.263 e. The molecule has 0 unspecified atom stereocenters. The van der Waals surface area contributed by atoms with Gasteiger partial charge in [-0.25, -0.2) is 0 Å². The number of carbonyl (C=O) groups excluding carboxylic acids is 1. The molecule has 3 nitrogen and oxygen atoms in total. The topological polar surface area (TPSA) is 38.3 Å². The van der Waals surface area contributed by atoms with Crippen molar-refractivity contribution in [1.82, 2.24) is 5.32 Å². The molecule has 0 saturated heterocycles. The number of benzene rings is 2. The minimum Gasteiger partial charge on any atom is -0.497 e. The molecule has 0 saturated carbocycles. The number of halogens is 1. The summed E-state index contributed by atoms with van der Waals surface area (Å²) >= 11 is 7.79. The van der Waals surface area contributed by atoms with Crippen LogP contribution in [0.4, 0.5) is 0 Å². The summed E-state index contributed by atoms with van der Waals surface area (Å²) in [6.45, 7) is 1.96. The lowest BCUT2D eigenvalue weighted by Gasteiger charge is -2.13. The molecule has 0 aliphatic heterocycles. The van der Waals surface area contributed by atoms with Gasteiger partial charge in [-0.1, -0.05) is 41.9 Å². The van der Waals surface area contributed by atoms with E-state index < -0.39 is 0 Å². The van der Waals surface area contributed by atoms with Crippen molar-refractivity contribution in [2.45, 2.75) is 13.0 Å². The molecule has 0 aliphatic rings. The summed E-state index contributed by atoms with van der Waals surface area (Å²) in [5.74, 6) is 0.563. The fourth-order valence-corrected chi connectivity index (χ4v) is 3.80. The molecule has 0 bridgehead atoms. The van der Waals surface area contributed by atoms with Crippen molar-refractivity contribution in [2.75, 3.05) is 7.11 Å². The van der Waals surface area contributed by atoms with Crippen LogP contribution in [-0.4, -0.2) is 13.0 Å². The molecule has 2 aromatic carbocycles. The van der Waals surface area contributed by atoms with Crippen molar-refractivity contribution in [3.05, 3.63) is 64.0 Å². The van der Waals surface area contributed by atoms with Gasteiger partial charge in [0, 0.05) is 10.1 Å². The second-order valence-corrected chi connectivity index (χ2v) is 6.64. The van der Waals surface area contributed by atoms with Crippen molar-refractivity contribution in [1.29, 1.82) is 0 Å². The van der Waals surface area contributed by atoms with Crippen molar-refractivity contribution < 1.29 is 9.53 Å². The molecule has 1 N–H and O–H groups in total. The minimum absolute atomic E-state index is 0.0838. The molecule has 0 spiro atoms. The zero-order valence-corrected chi connectivity index (χ0v) is 14.4. The molecule has 1 amide bonds. The quantitative estimate of drug-likeness (QED) is 0.718. The molecule has 23 heavy (non-hydrogen) atoms. The molecule has 0 radical (unpaired) electrons. The third-order valence-corrected chi connectivity index (χ3v) is 5.36. The van der Waals surface area contributed by atoms with Gasteiger partial charge in [-0.05, 0) is 30.7 Å². The highest BCUT2D eigenvalue weighted by atomic mass is 35.5. The lowest BCUT2D eigenvalue weighted by molar-refractivity contribution is 0.0944. The average Bonchev–Trinajstić information content (AvgIpc) is 2.92. The van der Waals surface area contributed by atoms with Crippen LogP contribution in [0.2, 0.25) is 5.02 Å². The fraction of sp³-hybridized carbons (Fsp3) is 0.167. The van der Waals surface area contributed by atoms with E-state index in [1.54, 1.807) is 7.11 Å². The largest absolute Gasteiger partial charge is 0.497 e. The third kappa shape index (κ3) is 3.19. The maximum atomic E-state index is 12.6. The van der Waals surface area contributed by atoms with Gasteiger partial charge in [-0.15, -0.1) is 11.3 Å². The van der Waals surface area contributed by atoms with Crippen molar-refractivity contribution in [2.24, 2.45) is 0 Å². The van der Waals surface area contributed by atoms with Crippen LogP contribution in [0.5, 0.6) is 5.75 Å². The number of fused-ring (bicyclic) bond motifs is 1. The number of rotatable bonds is 4. The monoisotopic (exact) mass is 345 g/mol. The van der Waals surface area contributed by atoms with Gasteiger partial charge in [0.15, 0.2) is 0 Å². The Morgan fingerprint density at radius 1 is 1.22 bits per heavy atom. The maximum Gasteiger partial charge on any atom is 0.263 e. The number of carbonyl (C=O) groups is 1. The van der Waals surface area contributed by atoms with E-state index in [1.165, 1.54) is 11.3 Å². The summed E-state index contributed by atoms with van der Waals surface area (Å²) in [6, 6.07) is 15.4. The highest BCUT2D eigenvalue weighted by Gasteiger charge is 2.19. The molecular weight excluding hydrogens is 330 g/mol. The average molecular weight is 346 g/mol. The van der Waals surface area contributed by atoms with E-state index >= 15 is 0 Å². The van der Waals surface area contributed by atoms with Crippen molar-refractivity contribution in [3.63, 3.8) is 0 Å². The minimum atomic E-state index is -0.161. The lowest BCUT2D eigenvalue weighted by atomic mass is 10.1. The van der Waals surface area contributed by atoms with E-state index in [1.807, 2.05) is 55.5 Å². The molecule has 1 heterocycles. The number of thiophene rings is 1. The van der Waals surface area contributed by atoms with Gasteiger partial charge in [-0.3, -0.25) is 4.79 Å². The number of ether oxygens (including phenoxy) is 1. The highest BCUT2D eigenvalue weighted by molar-refractivity contribution is 7.21. The van der Waals surface area contributed by atoms with Crippen molar-refractivity contribution >= 4 is 38.9 Å². The summed E-state index contributed by atoms with van der Waals surface area (Å²) in [4.78, 5) is 13.1. The van der Waals surface area contributed by atoms with E-state index in [9.17, 15) is 4.79 Å². The maximum absolute atomic E-state index is 12.6. The predicted molar refractivity (Wildman–Crippen MR) is 95.7 cm³/mol. The Hall–Kier alpha value is -2.04. The first kappa shape index (κ1) is 15.8. The Labute approximate surface area is 143 Å². The number of hydrogen-bond acceptors (Lipinski definition) is 3. The molecule has 0 aliphatic carbocycles. The summed E-state index contributed by atoms with van der Waals surface area (Å²) < 4.78 is 6.18. The zero-order chi connectivity index (χ0) is 16.4. The normalized spacial score (nSPS) is 12.1. The summed E-state index contributed by atoms with van der Waals surface area (Å²) in [5.41, 5.74) is 1.06. The first-order chi connectivity index (χ1) is 11.1. The molecular formula is C18H16ClNO2S. The summed E-state index contributed by atoms with van der Waals surface area (Å²) in [6.07, 6.45) is 0.